The molecular weight excluding hydrogens is 204 g/mol. The van der Waals surface area contributed by atoms with Crippen LogP contribution in [-0.2, 0) is 9.53 Å². The summed E-state index contributed by atoms with van der Waals surface area (Å²) in [5.41, 5.74) is 0. The van der Waals surface area contributed by atoms with Crippen LogP contribution < -0.4 is 5.32 Å². The highest BCUT2D eigenvalue weighted by atomic mass is 16.5. The van der Waals surface area contributed by atoms with E-state index in [0.717, 1.165) is 19.6 Å². The largest absolute Gasteiger partial charge is 0.468 e. The van der Waals surface area contributed by atoms with Crippen molar-refractivity contribution in [3.05, 3.63) is 0 Å². The van der Waals surface area contributed by atoms with Gasteiger partial charge in [-0.05, 0) is 18.9 Å². The molecule has 1 fully saturated rings. The Bertz CT molecular complexity index is 221. The van der Waals surface area contributed by atoms with Crippen LogP contribution in [0.5, 0.6) is 0 Å². The molecular formula is C12H24N2O2. The van der Waals surface area contributed by atoms with E-state index in [-0.39, 0.29) is 5.97 Å². The first-order valence-electron chi connectivity index (χ1n) is 6.22. The Balaban J connectivity index is 2.46. The number of hydrogen-bond acceptors (Lipinski definition) is 4. The van der Waals surface area contributed by atoms with Crippen molar-refractivity contribution in [3.8, 4) is 0 Å². The number of carbonyl (C=O) groups excluding carboxylic acids is 1. The van der Waals surface area contributed by atoms with Crippen LogP contribution >= 0.6 is 0 Å². The number of rotatable bonds is 5. The number of nitrogens with one attached hydrogen (secondary N) is 1. The Morgan fingerprint density at radius 1 is 1.44 bits per heavy atom. The minimum Gasteiger partial charge on any atom is -0.468 e. The van der Waals surface area contributed by atoms with Crippen molar-refractivity contribution >= 4 is 5.97 Å². The standard InChI is InChI=1S/C12H24N2O2/c1-4-10-6-11(13-5-2)8-14(7-10)9-12(15)16-3/h10-11,13H,4-9H2,1-3H3. The zero-order valence-electron chi connectivity index (χ0n) is 10.7. The number of esters is 1. The normalized spacial score (nSPS) is 26.7. The molecule has 0 bridgehead atoms. The van der Waals surface area contributed by atoms with Gasteiger partial charge in [0.25, 0.3) is 0 Å². The van der Waals surface area contributed by atoms with Gasteiger partial charge in [-0.1, -0.05) is 20.3 Å². The third-order valence-corrected chi connectivity index (χ3v) is 3.26. The Kier molecular flexibility index (Phi) is 5.77. The molecule has 0 aromatic rings. The van der Waals surface area contributed by atoms with Crippen molar-refractivity contribution in [3.63, 3.8) is 0 Å². The van der Waals surface area contributed by atoms with Gasteiger partial charge in [-0.3, -0.25) is 9.69 Å². The second-order valence-electron chi connectivity index (χ2n) is 4.53. The molecule has 2 unspecified atom stereocenters. The maximum atomic E-state index is 11.3. The summed E-state index contributed by atoms with van der Waals surface area (Å²) in [4.78, 5) is 13.5. The van der Waals surface area contributed by atoms with Crippen LogP contribution in [0.2, 0.25) is 0 Å². The molecule has 0 radical (unpaired) electrons. The van der Waals surface area contributed by atoms with E-state index in [0.29, 0.717) is 18.5 Å². The SMILES string of the molecule is CCNC1CC(CC)CN(CC(=O)OC)C1. The summed E-state index contributed by atoms with van der Waals surface area (Å²) in [5, 5.41) is 3.48. The van der Waals surface area contributed by atoms with Crippen LogP contribution in [0, 0.1) is 5.92 Å². The molecule has 1 rings (SSSR count). The van der Waals surface area contributed by atoms with E-state index in [1.54, 1.807) is 0 Å². The molecule has 1 N–H and O–H groups in total. The maximum Gasteiger partial charge on any atom is 0.319 e. The first-order chi connectivity index (χ1) is 7.69. The van der Waals surface area contributed by atoms with Gasteiger partial charge in [-0.25, -0.2) is 0 Å². The smallest absolute Gasteiger partial charge is 0.319 e. The van der Waals surface area contributed by atoms with Crippen LogP contribution in [0.4, 0.5) is 0 Å². The lowest BCUT2D eigenvalue weighted by molar-refractivity contribution is -0.142. The molecule has 0 amide bonds. The van der Waals surface area contributed by atoms with Gasteiger partial charge in [0, 0.05) is 19.1 Å². The topological polar surface area (TPSA) is 41.6 Å². The Hall–Kier alpha value is -0.610. The number of piperidine rings is 1. The van der Waals surface area contributed by atoms with E-state index >= 15 is 0 Å². The van der Waals surface area contributed by atoms with Crippen LogP contribution in [0.15, 0.2) is 0 Å². The molecule has 4 nitrogen and oxygen atoms in total. The lowest BCUT2D eigenvalue weighted by atomic mass is 9.92. The molecule has 2 atom stereocenters. The molecule has 0 aromatic heterocycles. The second-order valence-corrected chi connectivity index (χ2v) is 4.53. The monoisotopic (exact) mass is 228 g/mol. The summed E-state index contributed by atoms with van der Waals surface area (Å²) in [6.07, 6.45) is 2.40. The van der Waals surface area contributed by atoms with Gasteiger partial charge in [0.2, 0.25) is 0 Å². The van der Waals surface area contributed by atoms with E-state index in [4.69, 9.17) is 4.74 Å². The predicted molar refractivity (Wildman–Crippen MR) is 64.3 cm³/mol. The minimum absolute atomic E-state index is 0.132. The van der Waals surface area contributed by atoms with Gasteiger partial charge in [0.15, 0.2) is 0 Å². The van der Waals surface area contributed by atoms with Gasteiger partial charge < -0.3 is 10.1 Å². The highest BCUT2D eigenvalue weighted by Crippen LogP contribution is 2.19. The minimum atomic E-state index is -0.132. The fourth-order valence-corrected chi connectivity index (χ4v) is 2.41. The third-order valence-electron chi connectivity index (χ3n) is 3.26. The van der Waals surface area contributed by atoms with Crippen LogP contribution in [-0.4, -0.2) is 50.2 Å². The van der Waals surface area contributed by atoms with Gasteiger partial charge in [0.1, 0.15) is 0 Å². The van der Waals surface area contributed by atoms with Gasteiger partial charge in [-0.15, -0.1) is 0 Å². The van der Waals surface area contributed by atoms with Crippen molar-refractivity contribution in [1.82, 2.24) is 10.2 Å². The van der Waals surface area contributed by atoms with Crippen LogP contribution in [0.3, 0.4) is 0 Å². The molecule has 4 heteroatoms. The van der Waals surface area contributed by atoms with Crippen molar-refractivity contribution in [2.75, 3.05) is 33.3 Å². The molecule has 0 aromatic carbocycles. The number of likely N-dealkylation sites (tertiary alicyclic amines) is 1. The fourth-order valence-electron chi connectivity index (χ4n) is 2.41. The number of ether oxygens (including phenoxy) is 1. The molecule has 94 valence electrons. The van der Waals surface area contributed by atoms with Crippen molar-refractivity contribution < 1.29 is 9.53 Å². The quantitative estimate of drug-likeness (QED) is 0.709. The highest BCUT2D eigenvalue weighted by molar-refractivity contribution is 5.71. The summed E-state index contributed by atoms with van der Waals surface area (Å²) in [7, 11) is 1.45. The lowest BCUT2D eigenvalue weighted by Gasteiger charge is -2.37. The summed E-state index contributed by atoms with van der Waals surface area (Å²) >= 11 is 0. The number of hydrogen-bond donors (Lipinski definition) is 1. The van der Waals surface area contributed by atoms with E-state index < -0.39 is 0 Å². The molecule has 0 spiro atoms. The lowest BCUT2D eigenvalue weighted by Crippen LogP contribution is -2.50. The first kappa shape index (κ1) is 13.5. The van der Waals surface area contributed by atoms with E-state index in [1.807, 2.05) is 0 Å². The third kappa shape index (κ3) is 4.10. The molecule has 1 heterocycles. The maximum absolute atomic E-state index is 11.3. The molecule has 16 heavy (non-hydrogen) atoms. The molecule has 0 aliphatic carbocycles. The summed E-state index contributed by atoms with van der Waals surface area (Å²) in [6, 6.07) is 0.522. The zero-order chi connectivity index (χ0) is 12.0. The average Bonchev–Trinajstić information content (AvgIpc) is 2.29. The number of likely N-dealkylation sites (N-methyl/N-ethyl adjacent to an activating group) is 1. The molecule has 1 aliphatic rings. The Morgan fingerprint density at radius 2 is 2.19 bits per heavy atom. The number of methoxy groups -OCH3 is 1. The number of carbonyl (C=O) groups is 1. The summed E-state index contributed by atoms with van der Waals surface area (Å²) in [6.45, 7) is 7.74. The van der Waals surface area contributed by atoms with Crippen molar-refractivity contribution in [1.29, 1.82) is 0 Å². The Labute approximate surface area is 98.3 Å². The molecule has 0 saturated carbocycles. The van der Waals surface area contributed by atoms with Crippen molar-refractivity contribution in [2.45, 2.75) is 32.7 Å². The molecule has 1 saturated heterocycles. The second kappa shape index (κ2) is 6.86. The van der Waals surface area contributed by atoms with Crippen LogP contribution in [0.25, 0.3) is 0 Å². The zero-order valence-corrected chi connectivity index (χ0v) is 10.7. The highest BCUT2D eigenvalue weighted by Gasteiger charge is 2.26. The van der Waals surface area contributed by atoms with E-state index in [2.05, 4.69) is 24.1 Å². The van der Waals surface area contributed by atoms with Gasteiger partial charge >= 0.3 is 5.97 Å². The van der Waals surface area contributed by atoms with Crippen molar-refractivity contribution in [2.24, 2.45) is 5.92 Å². The van der Waals surface area contributed by atoms with E-state index in [9.17, 15) is 4.79 Å². The molecule has 1 aliphatic heterocycles. The average molecular weight is 228 g/mol. The fraction of sp³-hybridized carbons (Fsp3) is 0.917. The number of nitrogens with zero attached hydrogens (tertiary/aromatic N) is 1. The van der Waals surface area contributed by atoms with E-state index in [1.165, 1.54) is 20.0 Å². The Morgan fingerprint density at radius 3 is 2.75 bits per heavy atom. The summed E-state index contributed by atoms with van der Waals surface area (Å²) < 4.78 is 4.72. The van der Waals surface area contributed by atoms with Crippen LogP contribution in [0.1, 0.15) is 26.7 Å². The summed E-state index contributed by atoms with van der Waals surface area (Å²) in [5.74, 6) is 0.564. The van der Waals surface area contributed by atoms with Gasteiger partial charge in [-0.2, -0.15) is 0 Å². The van der Waals surface area contributed by atoms with Gasteiger partial charge in [0.05, 0.1) is 13.7 Å². The first-order valence-corrected chi connectivity index (χ1v) is 6.22. The predicted octanol–water partition coefficient (Wildman–Crippen LogP) is 0.869.